The summed E-state index contributed by atoms with van der Waals surface area (Å²) < 4.78 is 0. The fourth-order valence-corrected chi connectivity index (χ4v) is 1.68. The second-order valence-corrected chi connectivity index (χ2v) is 3.50. The van der Waals surface area contributed by atoms with Crippen LogP contribution in [0.1, 0.15) is 0 Å². The lowest BCUT2D eigenvalue weighted by atomic mass is 10.2. The van der Waals surface area contributed by atoms with Gasteiger partial charge in [0.05, 0.1) is 27.8 Å². The van der Waals surface area contributed by atoms with Crippen LogP contribution in [-0.2, 0) is 0 Å². The molecule has 0 radical (unpaired) electrons. The third-order valence-electron chi connectivity index (χ3n) is 2.45. The monoisotopic (exact) mass is 208 g/mol. The molecule has 0 atom stereocenters. The van der Waals surface area contributed by atoms with Gasteiger partial charge in [0.25, 0.3) is 0 Å². The Morgan fingerprint density at radius 3 is 2.12 bits per heavy atom. The second kappa shape index (κ2) is 3.34. The molecular weight excluding hydrogens is 200 g/mol. The Morgan fingerprint density at radius 2 is 1.44 bits per heavy atom. The van der Waals surface area contributed by atoms with Gasteiger partial charge < -0.3 is 0 Å². The van der Waals surface area contributed by atoms with Gasteiger partial charge >= 0.3 is 0 Å². The third kappa shape index (κ3) is 1.32. The van der Waals surface area contributed by atoms with Crippen molar-refractivity contribution in [3.8, 4) is 0 Å². The highest BCUT2D eigenvalue weighted by Crippen LogP contribution is 2.20. The van der Waals surface area contributed by atoms with E-state index in [0.29, 0.717) is 5.69 Å². The summed E-state index contributed by atoms with van der Waals surface area (Å²) in [6.07, 6.45) is 0. The molecule has 0 fully saturated rings. The van der Waals surface area contributed by atoms with Crippen LogP contribution in [0.3, 0.4) is 0 Å². The lowest BCUT2D eigenvalue weighted by Crippen LogP contribution is -1.86. The van der Waals surface area contributed by atoms with Crippen LogP contribution in [0.4, 0.5) is 5.69 Å². The molecule has 1 heterocycles. The summed E-state index contributed by atoms with van der Waals surface area (Å²) in [5.74, 6) is 0. The van der Waals surface area contributed by atoms with Crippen molar-refractivity contribution in [2.75, 3.05) is 0 Å². The van der Waals surface area contributed by atoms with E-state index in [1.54, 1.807) is 12.1 Å². The zero-order chi connectivity index (χ0) is 11.0. The summed E-state index contributed by atoms with van der Waals surface area (Å²) in [6, 6.07) is 13.1. The van der Waals surface area contributed by atoms with E-state index in [-0.39, 0.29) is 0 Å². The van der Waals surface area contributed by atoms with Gasteiger partial charge in [0, 0.05) is 0 Å². The van der Waals surface area contributed by atoms with Gasteiger partial charge in [-0.2, -0.15) is 5.11 Å². The van der Waals surface area contributed by atoms with Crippen molar-refractivity contribution in [2.45, 2.75) is 0 Å². The van der Waals surface area contributed by atoms with Crippen LogP contribution in [0.25, 0.3) is 22.1 Å². The van der Waals surface area contributed by atoms with Crippen molar-refractivity contribution in [1.29, 1.82) is 5.53 Å². The summed E-state index contributed by atoms with van der Waals surface area (Å²) in [7, 11) is 0. The minimum atomic E-state index is 0.595. The molecule has 0 bridgehead atoms. The van der Waals surface area contributed by atoms with Crippen molar-refractivity contribution in [1.82, 2.24) is 9.97 Å². The third-order valence-corrected chi connectivity index (χ3v) is 2.45. The maximum atomic E-state index is 6.96. The van der Waals surface area contributed by atoms with E-state index < -0.39 is 0 Å². The summed E-state index contributed by atoms with van der Waals surface area (Å²) in [4.78, 5) is 8.97. The Bertz CT molecular complexity index is 691. The first-order valence-electron chi connectivity index (χ1n) is 4.91. The number of fused-ring (bicyclic) bond motifs is 2. The van der Waals surface area contributed by atoms with E-state index in [1.807, 2.05) is 30.3 Å². The van der Waals surface area contributed by atoms with E-state index in [1.165, 1.54) is 0 Å². The zero-order valence-corrected chi connectivity index (χ0v) is 8.38. The molecule has 2 aromatic carbocycles. The Labute approximate surface area is 91.5 Å². The number of hydrogen-bond acceptors (Lipinski definition) is 4. The Balaban J connectivity index is 2.41. The molecule has 16 heavy (non-hydrogen) atoms. The summed E-state index contributed by atoms with van der Waals surface area (Å²) >= 11 is 0. The van der Waals surface area contributed by atoms with Crippen LogP contribution in [0, 0.1) is 5.53 Å². The number of benzene rings is 2. The SMILES string of the molecule is N=Nc1ccc2nc3ccccc3nc2c1. The van der Waals surface area contributed by atoms with E-state index in [9.17, 15) is 0 Å². The Hall–Kier alpha value is -2.36. The van der Waals surface area contributed by atoms with Crippen molar-refractivity contribution >= 4 is 27.8 Å². The largest absolute Gasteiger partial charge is 0.245 e. The van der Waals surface area contributed by atoms with Gasteiger partial charge in [-0.15, -0.1) is 0 Å². The number of para-hydroxylation sites is 2. The minimum absolute atomic E-state index is 0.595. The molecule has 4 nitrogen and oxygen atoms in total. The summed E-state index contributed by atoms with van der Waals surface area (Å²) in [5.41, 5.74) is 10.9. The maximum Gasteiger partial charge on any atom is 0.0916 e. The standard InChI is InChI=1S/C12H8N4/c13-16-8-5-6-11-12(7-8)15-10-4-2-1-3-9(10)14-11/h1-7,13H. The first-order valence-corrected chi connectivity index (χ1v) is 4.91. The van der Waals surface area contributed by atoms with Gasteiger partial charge in [-0.1, -0.05) is 12.1 Å². The van der Waals surface area contributed by atoms with E-state index in [2.05, 4.69) is 15.1 Å². The number of nitrogens with one attached hydrogen (secondary N) is 1. The van der Waals surface area contributed by atoms with Gasteiger partial charge in [-0.25, -0.2) is 15.5 Å². The van der Waals surface area contributed by atoms with Crippen molar-refractivity contribution < 1.29 is 0 Å². The molecular formula is C12H8N4. The average Bonchev–Trinajstić information content (AvgIpc) is 2.35. The number of hydrogen-bond donors (Lipinski definition) is 1. The van der Waals surface area contributed by atoms with E-state index in [0.717, 1.165) is 22.1 Å². The molecule has 1 aromatic heterocycles. The molecule has 0 aliphatic heterocycles. The molecule has 0 saturated carbocycles. The maximum absolute atomic E-state index is 6.96. The lowest BCUT2D eigenvalue weighted by Gasteiger charge is -2.00. The molecule has 0 saturated heterocycles. The zero-order valence-electron chi connectivity index (χ0n) is 8.38. The van der Waals surface area contributed by atoms with Gasteiger partial charge in [-0.05, 0) is 30.3 Å². The smallest absolute Gasteiger partial charge is 0.0916 e. The van der Waals surface area contributed by atoms with Gasteiger partial charge in [-0.3, -0.25) is 0 Å². The topological polar surface area (TPSA) is 62.0 Å². The second-order valence-electron chi connectivity index (χ2n) is 3.50. The number of aromatic nitrogens is 2. The van der Waals surface area contributed by atoms with Crippen LogP contribution in [0.5, 0.6) is 0 Å². The van der Waals surface area contributed by atoms with Crippen molar-refractivity contribution in [3.63, 3.8) is 0 Å². The van der Waals surface area contributed by atoms with Crippen molar-refractivity contribution in [3.05, 3.63) is 42.5 Å². The van der Waals surface area contributed by atoms with Crippen molar-refractivity contribution in [2.24, 2.45) is 5.11 Å². The van der Waals surface area contributed by atoms with E-state index >= 15 is 0 Å². The molecule has 0 amide bonds. The molecule has 0 unspecified atom stereocenters. The minimum Gasteiger partial charge on any atom is -0.245 e. The molecule has 3 rings (SSSR count). The van der Waals surface area contributed by atoms with Crippen LogP contribution < -0.4 is 0 Å². The lowest BCUT2D eigenvalue weighted by molar-refractivity contribution is 1.15. The highest BCUT2D eigenvalue weighted by Gasteiger charge is 2.01. The van der Waals surface area contributed by atoms with Gasteiger partial charge in [0.15, 0.2) is 0 Å². The first kappa shape index (κ1) is 8.91. The average molecular weight is 208 g/mol. The number of nitrogens with zero attached hydrogens (tertiary/aromatic N) is 3. The van der Waals surface area contributed by atoms with Crippen LogP contribution in [0.15, 0.2) is 47.6 Å². The van der Waals surface area contributed by atoms with Gasteiger partial charge in [0.1, 0.15) is 0 Å². The first-order chi connectivity index (χ1) is 7.86. The number of rotatable bonds is 1. The quantitative estimate of drug-likeness (QED) is 0.491. The predicted octanol–water partition coefficient (Wildman–Crippen LogP) is 3.45. The van der Waals surface area contributed by atoms with Gasteiger partial charge in [0.2, 0.25) is 0 Å². The fraction of sp³-hybridized carbons (Fsp3) is 0. The molecule has 0 aliphatic carbocycles. The fourth-order valence-electron chi connectivity index (χ4n) is 1.68. The predicted molar refractivity (Wildman–Crippen MR) is 61.9 cm³/mol. The molecule has 3 aromatic rings. The highest BCUT2D eigenvalue weighted by molar-refractivity contribution is 5.87. The molecule has 0 spiro atoms. The molecule has 76 valence electrons. The highest BCUT2D eigenvalue weighted by atomic mass is 15.0. The van der Waals surface area contributed by atoms with E-state index in [4.69, 9.17) is 5.53 Å². The molecule has 0 aliphatic rings. The van der Waals surface area contributed by atoms with Crippen LogP contribution >= 0.6 is 0 Å². The van der Waals surface area contributed by atoms with Crippen LogP contribution in [0.2, 0.25) is 0 Å². The molecule has 1 N–H and O–H groups in total. The normalized spacial score (nSPS) is 10.8. The Kier molecular flexibility index (Phi) is 1.86. The Morgan fingerprint density at radius 1 is 0.812 bits per heavy atom. The molecule has 4 heteroatoms. The van der Waals surface area contributed by atoms with Crippen LogP contribution in [-0.4, -0.2) is 9.97 Å². The summed E-state index contributed by atoms with van der Waals surface area (Å²) in [5, 5.41) is 3.38. The summed E-state index contributed by atoms with van der Waals surface area (Å²) in [6.45, 7) is 0.